The number of rotatable bonds is 3. The lowest BCUT2D eigenvalue weighted by Crippen LogP contribution is -1.99. The van der Waals surface area contributed by atoms with Crippen LogP contribution in [0.25, 0.3) is 16.9 Å². The van der Waals surface area contributed by atoms with Gasteiger partial charge in [0.05, 0.1) is 13.3 Å². The van der Waals surface area contributed by atoms with Gasteiger partial charge in [0.15, 0.2) is 5.75 Å². The fraction of sp³-hybridized carbons (Fsp3) is 0.0625. The highest BCUT2D eigenvalue weighted by molar-refractivity contribution is 5.69. The topological polar surface area (TPSA) is 47.3 Å². The molecule has 2 aromatic carbocycles. The number of nitrogens with zero attached hydrogens (tertiary/aromatic N) is 2. The second-order valence-corrected chi connectivity index (χ2v) is 4.33. The van der Waals surface area contributed by atoms with Crippen LogP contribution in [0.1, 0.15) is 0 Å². The van der Waals surface area contributed by atoms with Crippen LogP contribution in [0.5, 0.6) is 11.5 Å². The van der Waals surface area contributed by atoms with Crippen molar-refractivity contribution >= 4 is 0 Å². The van der Waals surface area contributed by atoms with Gasteiger partial charge in [-0.3, -0.25) is 0 Å². The van der Waals surface area contributed by atoms with Crippen molar-refractivity contribution in [1.29, 1.82) is 0 Å². The van der Waals surface area contributed by atoms with E-state index in [9.17, 15) is 5.11 Å². The van der Waals surface area contributed by atoms with Gasteiger partial charge in [0, 0.05) is 5.56 Å². The van der Waals surface area contributed by atoms with Crippen molar-refractivity contribution in [3.63, 3.8) is 0 Å². The van der Waals surface area contributed by atoms with Crippen LogP contribution in [-0.4, -0.2) is 22.0 Å². The summed E-state index contributed by atoms with van der Waals surface area (Å²) in [5.41, 5.74) is 2.41. The average Bonchev–Trinajstić information content (AvgIpc) is 2.92. The van der Waals surface area contributed by atoms with Crippen LogP contribution in [0.4, 0.5) is 0 Å². The molecule has 0 spiro atoms. The Labute approximate surface area is 116 Å². The van der Waals surface area contributed by atoms with E-state index in [1.165, 1.54) is 0 Å². The number of aromatic hydroxyl groups is 1. The first-order chi connectivity index (χ1) is 9.81. The monoisotopic (exact) mass is 266 g/mol. The predicted molar refractivity (Wildman–Crippen MR) is 77.2 cm³/mol. The van der Waals surface area contributed by atoms with Gasteiger partial charge in [-0.15, -0.1) is 0 Å². The molecule has 4 nitrogen and oxygen atoms in total. The molecule has 0 amide bonds. The summed E-state index contributed by atoms with van der Waals surface area (Å²) < 4.78 is 7.06. The summed E-state index contributed by atoms with van der Waals surface area (Å²) in [5, 5.41) is 14.3. The molecular formula is C16H14N2O2. The first kappa shape index (κ1) is 12.3. The van der Waals surface area contributed by atoms with Gasteiger partial charge in [0.1, 0.15) is 17.1 Å². The molecule has 1 heterocycles. The predicted octanol–water partition coefficient (Wildman–Crippen LogP) is 3.25. The van der Waals surface area contributed by atoms with Crippen LogP contribution in [0.3, 0.4) is 0 Å². The number of para-hydroxylation sites is 2. The van der Waals surface area contributed by atoms with Crippen molar-refractivity contribution in [2.75, 3.05) is 7.11 Å². The summed E-state index contributed by atoms with van der Waals surface area (Å²) in [6.45, 7) is 0. The van der Waals surface area contributed by atoms with Crippen LogP contribution >= 0.6 is 0 Å². The highest BCUT2D eigenvalue weighted by Gasteiger charge is 2.16. The Morgan fingerprint density at radius 3 is 2.40 bits per heavy atom. The second-order valence-electron chi connectivity index (χ2n) is 4.33. The summed E-state index contributed by atoms with van der Waals surface area (Å²) in [6.07, 6.45) is 1.65. The van der Waals surface area contributed by atoms with E-state index in [1.807, 2.05) is 42.5 Å². The van der Waals surface area contributed by atoms with Gasteiger partial charge in [-0.25, -0.2) is 4.68 Å². The molecule has 20 heavy (non-hydrogen) atoms. The molecular weight excluding hydrogens is 252 g/mol. The fourth-order valence-electron chi connectivity index (χ4n) is 2.17. The van der Waals surface area contributed by atoms with E-state index in [-0.39, 0.29) is 5.75 Å². The van der Waals surface area contributed by atoms with E-state index in [1.54, 1.807) is 30.1 Å². The normalized spacial score (nSPS) is 10.4. The molecule has 1 N–H and O–H groups in total. The van der Waals surface area contributed by atoms with E-state index in [0.717, 1.165) is 11.3 Å². The van der Waals surface area contributed by atoms with E-state index in [2.05, 4.69) is 5.10 Å². The van der Waals surface area contributed by atoms with E-state index in [0.29, 0.717) is 11.4 Å². The molecule has 3 rings (SSSR count). The Hall–Kier alpha value is -2.75. The number of phenolic OH excluding ortho intramolecular Hbond substituents is 1. The Balaban J connectivity index is 2.24. The van der Waals surface area contributed by atoms with Gasteiger partial charge in [-0.1, -0.05) is 42.5 Å². The number of methoxy groups -OCH3 is 1. The molecule has 0 unspecified atom stereocenters. The molecule has 1 aromatic heterocycles. The van der Waals surface area contributed by atoms with Crippen LogP contribution in [0, 0.1) is 0 Å². The average molecular weight is 266 g/mol. The lowest BCUT2D eigenvalue weighted by atomic mass is 10.1. The summed E-state index contributed by atoms with van der Waals surface area (Å²) in [7, 11) is 1.61. The number of hydrogen-bond acceptors (Lipinski definition) is 3. The minimum absolute atomic E-state index is 0.176. The van der Waals surface area contributed by atoms with Crippen molar-refractivity contribution in [3.05, 3.63) is 60.8 Å². The summed E-state index contributed by atoms with van der Waals surface area (Å²) in [4.78, 5) is 0. The number of phenols is 1. The summed E-state index contributed by atoms with van der Waals surface area (Å²) in [5.74, 6) is 0.842. The van der Waals surface area contributed by atoms with Gasteiger partial charge in [-0.2, -0.15) is 5.10 Å². The van der Waals surface area contributed by atoms with Gasteiger partial charge in [0.2, 0.25) is 0 Å². The number of benzene rings is 2. The number of aromatic nitrogens is 2. The highest BCUT2D eigenvalue weighted by atomic mass is 16.5. The first-order valence-corrected chi connectivity index (χ1v) is 6.27. The van der Waals surface area contributed by atoms with Crippen LogP contribution in [0.2, 0.25) is 0 Å². The number of ether oxygens (including phenoxy) is 1. The Morgan fingerprint density at radius 2 is 1.70 bits per heavy atom. The lowest BCUT2D eigenvalue weighted by molar-refractivity contribution is 0.416. The standard InChI is InChI=1S/C16H14N2O2/c1-20-15-11-17-18(13-9-5-6-10-14(13)19)16(15)12-7-3-2-4-8-12/h2-11,19H,1H3. The zero-order valence-electron chi connectivity index (χ0n) is 11.0. The molecule has 0 aliphatic heterocycles. The van der Waals surface area contributed by atoms with Gasteiger partial charge in [0.25, 0.3) is 0 Å². The van der Waals surface area contributed by atoms with Crippen molar-refractivity contribution < 1.29 is 9.84 Å². The molecule has 0 fully saturated rings. The molecule has 0 aliphatic rings. The van der Waals surface area contributed by atoms with E-state index >= 15 is 0 Å². The SMILES string of the molecule is COc1cnn(-c2ccccc2O)c1-c1ccccc1. The largest absolute Gasteiger partial charge is 0.506 e. The fourth-order valence-corrected chi connectivity index (χ4v) is 2.17. The maximum Gasteiger partial charge on any atom is 0.165 e. The minimum Gasteiger partial charge on any atom is -0.506 e. The molecule has 0 aliphatic carbocycles. The van der Waals surface area contributed by atoms with Crippen LogP contribution in [0.15, 0.2) is 60.8 Å². The molecule has 0 atom stereocenters. The molecule has 0 bridgehead atoms. The smallest absolute Gasteiger partial charge is 0.165 e. The first-order valence-electron chi connectivity index (χ1n) is 6.27. The van der Waals surface area contributed by atoms with Gasteiger partial charge in [-0.05, 0) is 12.1 Å². The van der Waals surface area contributed by atoms with Gasteiger partial charge < -0.3 is 9.84 Å². The summed E-state index contributed by atoms with van der Waals surface area (Å²) >= 11 is 0. The van der Waals surface area contributed by atoms with Gasteiger partial charge >= 0.3 is 0 Å². The Morgan fingerprint density at radius 1 is 1.00 bits per heavy atom. The van der Waals surface area contributed by atoms with E-state index < -0.39 is 0 Å². The molecule has 0 radical (unpaired) electrons. The quantitative estimate of drug-likeness (QED) is 0.791. The third-order valence-electron chi connectivity index (χ3n) is 3.11. The highest BCUT2D eigenvalue weighted by Crippen LogP contribution is 2.33. The lowest BCUT2D eigenvalue weighted by Gasteiger charge is -2.10. The molecule has 100 valence electrons. The molecule has 3 aromatic rings. The van der Waals surface area contributed by atoms with Crippen LogP contribution < -0.4 is 4.74 Å². The third kappa shape index (κ3) is 2.01. The zero-order chi connectivity index (χ0) is 13.9. The van der Waals surface area contributed by atoms with Crippen molar-refractivity contribution in [2.45, 2.75) is 0 Å². The molecule has 0 saturated carbocycles. The van der Waals surface area contributed by atoms with Crippen molar-refractivity contribution in [3.8, 4) is 28.4 Å². The minimum atomic E-state index is 0.176. The van der Waals surface area contributed by atoms with Crippen molar-refractivity contribution in [1.82, 2.24) is 9.78 Å². The maximum atomic E-state index is 10.0. The maximum absolute atomic E-state index is 10.0. The van der Waals surface area contributed by atoms with Crippen LogP contribution in [-0.2, 0) is 0 Å². The zero-order valence-corrected chi connectivity index (χ0v) is 11.0. The molecule has 4 heteroatoms. The number of hydrogen-bond donors (Lipinski definition) is 1. The Kier molecular flexibility index (Phi) is 3.13. The third-order valence-corrected chi connectivity index (χ3v) is 3.11. The molecule has 0 saturated heterocycles. The Bertz CT molecular complexity index is 720. The summed E-state index contributed by atoms with van der Waals surface area (Å²) in [6, 6.07) is 16.9. The van der Waals surface area contributed by atoms with Crippen molar-refractivity contribution in [2.24, 2.45) is 0 Å². The second kappa shape index (κ2) is 5.09. The van der Waals surface area contributed by atoms with E-state index in [4.69, 9.17) is 4.74 Å².